The maximum atomic E-state index is 4.83. The van der Waals surface area contributed by atoms with Crippen molar-refractivity contribution >= 4 is 22.7 Å². The largest absolute Gasteiger partial charge is 0.305 e. The van der Waals surface area contributed by atoms with E-state index in [1.807, 2.05) is 25.3 Å². The summed E-state index contributed by atoms with van der Waals surface area (Å²) < 4.78 is 0. The summed E-state index contributed by atoms with van der Waals surface area (Å²) in [7, 11) is 1.99. The van der Waals surface area contributed by atoms with Gasteiger partial charge in [0.2, 0.25) is 0 Å². The van der Waals surface area contributed by atoms with Gasteiger partial charge in [0, 0.05) is 16.0 Å². The molecule has 1 unspecified atom stereocenters. The molecule has 0 saturated heterocycles. The van der Waals surface area contributed by atoms with Crippen LogP contribution >= 0.6 is 22.7 Å². The topological polar surface area (TPSA) is 37.8 Å². The van der Waals surface area contributed by atoms with Crippen molar-refractivity contribution in [2.45, 2.75) is 38.6 Å². The fourth-order valence-electron chi connectivity index (χ4n) is 2.35. The Morgan fingerprint density at radius 2 is 2.06 bits per heavy atom. The van der Waals surface area contributed by atoms with E-state index in [1.165, 1.54) is 34.8 Å². The summed E-state index contributed by atoms with van der Waals surface area (Å²) in [6.45, 7) is 2.04. The van der Waals surface area contributed by atoms with E-state index in [0.29, 0.717) is 0 Å². The molecule has 0 bridgehead atoms. The number of nitrogens with one attached hydrogen (secondary N) is 1. The van der Waals surface area contributed by atoms with Crippen molar-refractivity contribution in [1.82, 2.24) is 15.3 Å². The lowest BCUT2D eigenvalue weighted by Crippen LogP contribution is -2.17. The van der Waals surface area contributed by atoms with Crippen LogP contribution in [0.15, 0.2) is 5.38 Å². The molecule has 1 N–H and O–H groups in total. The molecule has 0 spiro atoms. The maximum absolute atomic E-state index is 4.83. The molecular formula is C13H17N3S2. The summed E-state index contributed by atoms with van der Waals surface area (Å²) in [6.07, 6.45) is 4.96. The first-order chi connectivity index (χ1) is 8.78. The van der Waals surface area contributed by atoms with Gasteiger partial charge in [-0.25, -0.2) is 9.97 Å². The van der Waals surface area contributed by atoms with Crippen LogP contribution in [0.2, 0.25) is 0 Å². The first-order valence-corrected chi connectivity index (χ1v) is 8.05. The Morgan fingerprint density at radius 1 is 1.22 bits per heavy atom. The molecule has 2 aromatic heterocycles. The van der Waals surface area contributed by atoms with Gasteiger partial charge in [0.1, 0.15) is 16.1 Å². The average Bonchev–Trinajstić information content (AvgIpc) is 2.96. The summed E-state index contributed by atoms with van der Waals surface area (Å²) in [4.78, 5) is 10.9. The predicted octanol–water partition coefficient (Wildman–Crippen LogP) is 3.10. The number of aryl methyl sites for hydroxylation is 3. The van der Waals surface area contributed by atoms with Crippen LogP contribution in [0.1, 0.15) is 45.2 Å². The molecule has 5 heteroatoms. The molecule has 1 aliphatic rings. The maximum Gasteiger partial charge on any atom is 0.117 e. The standard InChI is InChI=1S/C13H17N3S2/c1-8-7-17-12(15-8)11(14-2)13-16-9-5-3-4-6-10(9)18-13/h7,11,14H,3-6H2,1-2H3. The molecule has 2 heterocycles. The molecule has 3 rings (SSSR count). The van der Waals surface area contributed by atoms with Gasteiger partial charge in [-0.05, 0) is 39.7 Å². The van der Waals surface area contributed by atoms with Crippen molar-refractivity contribution in [2.75, 3.05) is 7.05 Å². The van der Waals surface area contributed by atoms with Crippen molar-refractivity contribution in [2.24, 2.45) is 0 Å². The molecule has 96 valence electrons. The van der Waals surface area contributed by atoms with Gasteiger partial charge < -0.3 is 5.32 Å². The number of hydrogen-bond donors (Lipinski definition) is 1. The molecule has 1 atom stereocenters. The van der Waals surface area contributed by atoms with Crippen LogP contribution in [0, 0.1) is 6.92 Å². The number of hydrogen-bond acceptors (Lipinski definition) is 5. The van der Waals surface area contributed by atoms with Crippen LogP contribution in [-0.4, -0.2) is 17.0 Å². The van der Waals surface area contributed by atoms with E-state index in [4.69, 9.17) is 4.98 Å². The lowest BCUT2D eigenvalue weighted by Gasteiger charge is -2.09. The van der Waals surface area contributed by atoms with Crippen molar-refractivity contribution in [3.05, 3.63) is 31.7 Å². The minimum atomic E-state index is 0.166. The third-order valence-corrected chi connectivity index (χ3v) is 5.53. The zero-order chi connectivity index (χ0) is 12.5. The van der Waals surface area contributed by atoms with Gasteiger partial charge in [-0.2, -0.15) is 0 Å². The zero-order valence-corrected chi connectivity index (χ0v) is 12.3. The molecule has 1 aliphatic carbocycles. The molecule has 0 aliphatic heterocycles. The molecule has 18 heavy (non-hydrogen) atoms. The first-order valence-electron chi connectivity index (χ1n) is 6.35. The van der Waals surface area contributed by atoms with E-state index < -0.39 is 0 Å². The molecule has 0 radical (unpaired) electrons. The van der Waals surface area contributed by atoms with E-state index >= 15 is 0 Å². The van der Waals surface area contributed by atoms with Crippen LogP contribution in [0.4, 0.5) is 0 Å². The van der Waals surface area contributed by atoms with Gasteiger partial charge in [0.25, 0.3) is 0 Å². The Balaban J connectivity index is 1.94. The Labute approximate surface area is 115 Å². The van der Waals surface area contributed by atoms with Gasteiger partial charge in [-0.15, -0.1) is 22.7 Å². The second-order valence-electron chi connectivity index (χ2n) is 4.68. The quantitative estimate of drug-likeness (QED) is 0.938. The van der Waals surface area contributed by atoms with Crippen LogP contribution in [0.3, 0.4) is 0 Å². The Hall–Kier alpha value is -0.780. The molecule has 3 nitrogen and oxygen atoms in total. The molecule has 0 saturated carbocycles. The molecule has 0 aromatic carbocycles. The zero-order valence-electron chi connectivity index (χ0n) is 10.7. The van der Waals surface area contributed by atoms with Crippen molar-refractivity contribution < 1.29 is 0 Å². The number of rotatable bonds is 3. The number of fused-ring (bicyclic) bond motifs is 1. The molecule has 0 fully saturated rings. The van der Waals surface area contributed by atoms with Crippen molar-refractivity contribution in [3.63, 3.8) is 0 Å². The van der Waals surface area contributed by atoms with Gasteiger partial charge in [-0.3, -0.25) is 0 Å². The smallest absolute Gasteiger partial charge is 0.117 e. The highest BCUT2D eigenvalue weighted by molar-refractivity contribution is 7.12. The highest BCUT2D eigenvalue weighted by Crippen LogP contribution is 2.33. The van der Waals surface area contributed by atoms with E-state index in [9.17, 15) is 0 Å². The Kier molecular flexibility index (Phi) is 3.46. The molecular weight excluding hydrogens is 262 g/mol. The van der Waals surface area contributed by atoms with E-state index in [0.717, 1.165) is 17.1 Å². The highest BCUT2D eigenvalue weighted by atomic mass is 32.1. The van der Waals surface area contributed by atoms with Crippen LogP contribution in [-0.2, 0) is 12.8 Å². The lowest BCUT2D eigenvalue weighted by atomic mass is 10.0. The second-order valence-corrected chi connectivity index (χ2v) is 6.68. The van der Waals surface area contributed by atoms with E-state index in [2.05, 4.69) is 15.7 Å². The highest BCUT2D eigenvalue weighted by Gasteiger charge is 2.23. The SMILES string of the molecule is CNC(c1nc(C)cs1)c1nc2c(s1)CCCC2. The van der Waals surface area contributed by atoms with Crippen LogP contribution in [0.5, 0.6) is 0 Å². The summed E-state index contributed by atoms with van der Waals surface area (Å²) >= 11 is 3.58. The lowest BCUT2D eigenvalue weighted by molar-refractivity contribution is 0.658. The fraction of sp³-hybridized carbons (Fsp3) is 0.538. The Bertz CT molecular complexity index is 521. The summed E-state index contributed by atoms with van der Waals surface area (Å²) in [6, 6.07) is 0.166. The molecule has 2 aromatic rings. The minimum absolute atomic E-state index is 0.166. The third kappa shape index (κ3) is 2.22. The van der Waals surface area contributed by atoms with Crippen molar-refractivity contribution in [3.8, 4) is 0 Å². The normalized spacial score (nSPS) is 16.6. The first kappa shape index (κ1) is 12.3. The van der Waals surface area contributed by atoms with Crippen molar-refractivity contribution in [1.29, 1.82) is 0 Å². The van der Waals surface area contributed by atoms with E-state index in [1.54, 1.807) is 11.3 Å². The number of thiazole rings is 2. The fourth-order valence-corrected chi connectivity index (χ4v) is 4.60. The van der Waals surface area contributed by atoms with Crippen LogP contribution < -0.4 is 5.32 Å². The van der Waals surface area contributed by atoms with Crippen LogP contribution in [0.25, 0.3) is 0 Å². The second kappa shape index (κ2) is 5.07. The average molecular weight is 279 g/mol. The van der Waals surface area contributed by atoms with Gasteiger partial charge in [0.15, 0.2) is 0 Å². The monoisotopic (exact) mass is 279 g/mol. The molecule has 0 amide bonds. The number of nitrogens with zero attached hydrogens (tertiary/aromatic N) is 2. The third-order valence-electron chi connectivity index (χ3n) is 3.28. The Morgan fingerprint density at radius 3 is 2.72 bits per heavy atom. The predicted molar refractivity (Wildman–Crippen MR) is 76.5 cm³/mol. The summed E-state index contributed by atoms with van der Waals surface area (Å²) in [5.41, 5.74) is 2.42. The van der Waals surface area contributed by atoms with E-state index in [-0.39, 0.29) is 6.04 Å². The van der Waals surface area contributed by atoms with Gasteiger partial charge >= 0.3 is 0 Å². The number of aromatic nitrogens is 2. The summed E-state index contributed by atoms with van der Waals surface area (Å²) in [5, 5.41) is 7.76. The van der Waals surface area contributed by atoms with Gasteiger partial charge in [-0.1, -0.05) is 0 Å². The minimum Gasteiger partial charge on any atom is -0.305 e. The summed E-state index contributed by atoms with van der Waals surface area (Å²) in [5.74, 6) is 0. The van der Waals surface area contributed by atoms with Gasteiger partial charge in [0.05, 0.1) is 5.69 Å².